The number of sulfonamides is 1. The number of carboxylic acid groups (broad SMARTS) is 1. The van der Waals surface area contributed by atoms with Crippen molar-refractivity contribution in [2.24, 2.45) is 5.92 Å². The molecule has 2 N–H and O–H groups in total. The predicted octanol–water partition coefficient (Wildman–Crippen LogP) is 4.10. The maximum atomic E-state index is 13.7. The minimum absolute atomic E-state index is 0.0591. The number of anilines is 1. The second kappa shape index (κ2) is 10.4. The van der Waals surface area contributed by atoms with Crippen molar-refractivity contribution in [3.63, 3.8) is 0 Å². The van der Waals surface area contributed by atoms with Gasteiger partial charge in [0, 0.05) is 11.6 Å². The molecule has 0 radical (unpaired) electrons. The number of aromatic carboxylic acids is 1. The first-order chi connectivity index (χ1) is 15.9. The quantitative estimate of drug-likeness (QED) is 0.433. The number of carboxylic acids is 1. The molecule has 34 heavy (non-hydrogen) atoms. The highest BCUT2D eigenvalue weighted by Gasteiger charge is 2.57. The van der Waals surface area contributed by atoms with Gasteiger partial charge in [0.05, 0.1) is 36.7 Å². The molecule has 13 heteroatoms. The Morgan fingerprint density at radius 2 is 2.06 bits per heavy atom. The van der Waals surface area contributed by atoms with Crippen molar-refractivity contribution in [2.75, 3.05) is 16.7 Å². The van der Waals surface area contributed by atoms with Crippen molar-refractivity contribution >= 4 is 21.9 Å². The molecule has 1 aliphatic heterocycles. The number of unbranched alkanes of at least 4 members (excludes halogenated alkanes) is 2. The van der Waals surface area contributed by atoms with Crippen LogP contribution in [0.15, 0.2) is 33.3 Å². The van der Waals surface area contributed by atoms with Crippen LogP contribution in [0, 0.1) is 5.92 Å². The van der Waals surface area contributed by atoms with Crippen molar-refractivity contribution in [3.8, 4) is 0 Å². The SMILES string of the molecule is CCCCCC(O)c1coc(N2C(COCc3ccc(C(=O)O)o3)C(C(F)(F)F)CS2(=O)=O)c1. The highest BCUT2D eigenvalue weighted by molar-refractivity contribution is 7.93. The van der Waals surface area contributed by atoms with Gasteiger partial charge in [-0.3, -0.25) is 0 Å². The Labute approximate surface area is 194 Å². The van der Waals surface area contributed by atoms with E-state index in [1.54, 1.807) is 0 Å². The van der Waals surface area contributed by atoms with Crippen molar-refractivity contribution < 1.29 is 50.2 Å². The first-order valence-corrected chi connectivity index (χ1v) is 12.3. The molecule has 0 spiro atoms. The molecule has 2 aromatic rings. The zero-order valence-electron chi connectivity index (χ0n) is 18.3. The molecule has 0 saturated carbocycles. The van der Waals surface area contributed by atoms with E-state index < -0.39 is 52.6 Å². The normalized spacial score (nSPS) is 21.1. The van der Waals surface area contributed by atoms with E-state index in [1.807, 2.05) is 6.92 Å². The summed E-state index contributed by atoms with van der Waals surface area (Å²) in [4.78, 5) is 10.9. The van der Waals surface area contributed by atoms with Gasteiger partial charge in [-0.2, -0.15) is 13.2 Å². The highest BCUT2D eigenvalue weighted by Crippen LogP contribution is 2.42. The number of furan rings is 2. The lowest BCUT2D eigenvalue weighted by molar-refractivity contribution is -0.174. The molecule has 3 rings (SSSR count). The van der Waals surface area contributed by atoms with Gasteiger partial charge in [0.15, 0.2) is 0 Å². The molecular formula is C21H26F3NO8S. The zero-order chi connectivity index (χ0) is 25.1. The number of alkyl halides is 3. The molecule has 1 aliphatic rings. The molecule has 0 amide bonds. The van der Waals surface area contributed by atoms with E-state index in [1.165, 1.54) is 18.2 Å². The lowest BCUT2D eigenvalue weighted by Gasteiger charge is -2.26. The number of hydrogen-bond donors (Lipinski definition) is 2. The molecule has 1 fully saturated rings. The molecule has 0 aromatic carbocycles. The average molecular weight is 509 g/mol. The molecule has 0 aliphatic carbocycles. The summed E-state index contributed by atoms with van der Waals surface area (Å²) in [5.41, 5.74) is 0.271. The molecule has 3 heterocycles. The number of hydrogen-bond acceptors (Lipinski definition) is 7. The van der Waals surface area contributed by atoms with Gasteiger partial charge in [-0.25, -0.2) is 17.5 Å². The van der Waals surface area contributed by atoms with Crippen LogP contribution < -0.4 is 4.31 Å². The minimum Gasteiger partial charge on any atom is -0.475 e. The van der Waals surface area contributed by atoms with E-state index in [-0.39, 0.29) is 29.6 Å². The number of nitrogens with zero attached hydrogens (tertiary/aromatic N) is 1. The summed E-state index contributed by atoms with van der Waals surface area (Å²) < 4.78 is 82.6. The average Bonchev–Trinajstić information content (AvgIpc) is 3.45. The van der Waals surface area contributed by atoms with Crippen LogP contribution >= 0.6 is 0 Å². The number of carbonyl (C=O) groups is 1. The predicted molar refractivity (Wildman–Crippen MR) is 113 cm³/mol. The topological polar surface area (TPSA) is 130 Å². The number of ether oxygens (including phenoxy) is 1. The van der Waals surface area contributed by atoms with Crippen LogP contribution in [0.25, 0.3) is 0 Å². The Bertz CT molecular complexity index is 1080. The van der Waals surface area contributed by atoms with Crippen molar-refractivity contribution in [1.29, 1.82) is 0 Å². The van der Waals surface area contributed by atoms with Crippen molar-refractivity contribution in [2.45, 2.75) is 57.5 Å². The molecule has 3 atom stereocenters. The smallest absolute Gasteiger partial charge is 0.394 e. The van der Waals surface area contributed by atoms with Crippen LogP contribution in [0.1, 0.15) is 60.6 Å². The number of aliphatic hydroxyl groups excluding tert-OH is 1. The largest absolute Gasteiger partial charge is 0.475 e. The van der Waals surface area contributed by atoms with Crippen LogP contribution in [0.2, 0.25) is 0 Å². The number of halogens is 3. The summed E-state index contributed by atoms with van der Waals surface area (Å²) in [6.07, 6.45) is -1.68. The Morgan fingerprint density at radius 3 is 2.68 bits per heavy atom. The molecule has 2 aromatic heterocycles. The van der Waals surface area contributed by atoms with Crippen LogP contribution in [0.3, 0.4) is 0 Å². The molecular weight excluding hydrogens is 483 g/mol. The second-order valence-electron chi connectivity index (χ2n) is 8.11. The molecule has 1 saturated heterocycles. The molecule has 0 bridgehead atoms. The summed E-state index contributed by atoms with van der Waals surface area (Å²) >= 11 is 0. The van der Waals surface area contributed by atoms with E-state index >= 15 is 0 Å². The van der Waals surface area contributed by atoms with E-state index in [4.69, 9.17) is 18.7 Å². The Hall–Kier alpha value is -2.51. The van der Waals surface area contributed by atoms with E-state index in [2.05, 4.69) is 0 Å². The standard InChI is InChI=1S/C21H26F3NO8S/c1-2-3-4-5-17(26)13-8-19(32-9-13)25-16(15(21(22,23)24)12-34(25,29)30)11-31-10-14-6-7-18(33-14)20(27)28/h6-9,15-17,26H,2-5,10-12H2,1H3,(H,27,28). The van der Waals surface area contributed by atoms with E-state index in [9.17, 15) is 31.5 Å². The fourth-order valence-electron chi connectivity index (χ4n) is 3.82. The maximum absolute atomic E-state index is 13.7. The maximum Gasteiger partial charge on any atom is 0.394 e. The number of aliphatic hydroxyl groups is 1. The van der Waals surface area contributed by atoms with Gasteiger partial charge in [0.2, 0.25) is 21.7 Å². The van der Waals surface area contributed by atoms with Gasteiger partial charge >= 0.3 is 12.1 Å². The summed E-state index contributed by atoms with van der Waals surface area (Å²) in [6.45, 7) is 0.986. The monoisotopic (exact) mass is 509 g/mol. The van der Waals surface area contributed by atoms with Gasteiger partial charge in [0.1, 0.15) is 12.4 Å². The van der Waals surface area contributed by atoms with Crippen LogP contribution in [-0.4, -0.2) is 49.2 Å². The first kappa shape index (κ1) is 26.1. The number of rotatable bonds is 11. The van der Waals surface area contributed by atoms with E-state index in [0.29, 0.717) is 10.7 Å². The zero-order valence-corrected chi connectivity index (χ0v) is 19.1. The van der Waals surface area contributed by atoms with Gasteiger partial charge in [-0.15, -0.1) is 0 Å². The lowest BCUT2D eigenvalue weighted by atomic mass is 10.0. The fraction of sp³-hybridized carbons (Fsp3) is 0.571. The Balaban J connectivity index is 1.79. The summed E-state index contributed by atoms with van der Waals surface area (Å²) in [5, 5.41) is 19.2. The van der Waals surface area contributed by atoms with Crippen LogP contribution in [-0.2, 0) is 21.4 Å². The summed E-state index contributed by atoms with van der Waals surface area (Å²) in [5.74, 6) is -5.38. The molecule has 9 nitrogen and oxygen atoms in total. The summed E-state index contributed by atoms with van der Waals surface area (Å²) in [7, 11) is -4.40. The van der Waals surface area contributed by atoms with Crippen molar-refractivity contribution in [3.05, 3.63) is 41.5 Å². The molecule has 3 unspecified atom stereocenters. The van der Waals surface area contributed by atoms with E-state index in [0.717, 1.165) is 25.5 Å². The first-order valence-electron chi connectivity index (χ1n) is 10.7. The van der Waals surface area contributed by atoms with Gasteiger partial charge in [-0.1, -0.05) is 26.2 Å². The third kappa shape index (κ3) is 5.94. The van der Waals surface area contributed by atoms with Gasteiger partial charge < -0.3 is 23.8 Å². The second-order valence-corrected chi connectivity index (χ2v) is 10.00. The van der Waals surface area contributed by atoms with Gasteiger partial charge in [0.25, 0.3) is 0 Å². The third-order valence-electron chi connectivity index (χ3n) is 5.57. The van der Waals surface area contributed by atoms with Crippen molar-refractivity contribution in [1.82, 2.24) is 0 Å². The molecule has 190 valence electrons. The third-order valence-corrected chi connectivity index (χ3v) is 7.40. The highest BCUT2D eigenvalue weighted by atomic mass is 32.2. The van der Waals surface area contributed by atoms with Gasteiger partial charge in [-0.05, 0) is 18.6 Å². The summed E-state index contributed by atoms with van der Waals surface area (Å²) in [6, 6.07) is 2.04. The lowest BCUT2D eigenvalue weighted by Crippen LogP contribution is -2.43. The van der Waals surface area contributed by atoms with Crippen LogP contribution in [0.4, 0.5) is 19.1 Å². The minimum atomic E-state index is -4.83. The fourth-order valence-corrected chi connectivity index (χ4v) is 5.84. The van der Waals surface area contributed by atoms with Crippen LogP contribution in [0.5, 0.6) is 0 Å². The Kier molecular flexibility index (Phi) is 7.98. The Morgan fingerprint density at radius 1 is 1.32 bits per heavy atom.